The van der Waals surface area contributed by atoms with E-state index in [1.54, 1.807) is 0 Å². The largest absolute Gasteiger partial charge is 0.377 e. The van der Waals surface area contributed by atoms with E-state index in [0.29, 0.717) is 5.70 Å². The smallest absolute Gasteiger partial charge is 0.116 e. The zero-order valence-corrected chi connectivity index (χ0v) is 4.36. The molecule has 1 N–H and O–H groups in total. The topological polar surface area (TPSA) is 35.8 Å². The fraction of sp³-hybridized carbons (Fsp3) is 0.400. The molecule has 0 aliphatic carbocycles. The molecule has 0 amide bonds. The second-order valence-corrected chi connectivity index (χ2v) is 1.12. The van der Waals surface area contributed by atoms with E-state index in [0.717, 1.165) is 6.54 Å². The molecule has 0 aliphatic heterocycles. The van der Waals surface area contributed by atoms with Crippen LogP contribution >= 0.6 is 0 Å². The summed E-state index contributed by atoms with van der Waals surface area (Å²) < 4.78 is 0. The molecule has 0 atom stereocenters. The third-order valence-electron chi connectivity index (χ3n) is 0.525. The van der Waals surface area contributed by atoms with Crippen LogP contribution in [0, 0.1) is 11.3 Å². The van der Waals surface area contributed by atoms with Crippen molar-refractivity contribution in [3.63, 3.8) is 0 Å². The van der Waals surface area contributed by atoms with E-state index in [4.69, 9.17) is 5.26 Å². The number of nitrogens with zero attached hydrogens (tertiary/aromatic N) is 1. The van der Waals surface area contributed by atoms with Crippen LogP contribution in [0.4, 0.5) is 0 Å². The minimum Gasteiger partial charge on any atom is -0.377 e. The number of rotatable bonds is 2. The predicted octanol–water partition coefficient (Wildman–Crippen LogP) is 0.633. The molecule has 0 heterocycles. The van der Waals surface area contributed by atoms with Gasteiger partial charge in [-0.05, 0) is 6.92 Å². The molecule has 7 heavy (non-hydrogen) atoms. The zero-order valence-electron chi connectivity index (χ0n) is 4.36. The van der Waals surface area contributed by atoms with Crippen molar-refractivity contribution in [2.24, 2.45) is 0 Å². The SMILES string of the molecule is C=C(C#N)NCC. The Balaban J connectivity index is 3.24. The third-order valence-corrected chi connectivity index (χ3v) is 0.525. The summed E-state index contributed by atoms with van der Waals surface area (Å²) in [5.41, 5.74) is 0.433. The highest BCUT2D eigenvalue weighted by Gasteiger charge is 1.79. The summed E-state index contributed by atoms with van der Waals surface area (Å²) in [5.74, 6) is 0. The molecule has 0 saturated carbocycles. The Morgan fingerprint density at radius 3 is 2.71 bits per heavy atom. The van der Waals surface area contributed by atoms with Crippen LogP contribution in [0.3, 0.4) is 0 Å². The van der Waals surface area contributed by atoms with Crippen LogP contribution in [0.2, 0.25) is 0 Å². The fourth-order valence-corrected chi connectivity index (χ4v) is 0.253. The highest BCUT2D eigenvalue weighted by atomic mass is 14.9. The van der Waals surface area contributed by atoms with E-state index in [9.17, 15) is 0 Å². The second kappa shape index (κ2) is 3.23. The zero-order chi connectivity index (χ0) is 5.70. The van der Waals surface area contributed by atoms with Crippen molar-refractivity contribution in [1.82, 2.24) is 5.32 Å². The van der Waals surface area contributed by atoms with Crippen LogP contribution in [0.5, 0.6) is 0 Å². The Kier molecular flexibility index (Phi) is 2.78. The highest BCUT2D eigenvalue weighted by molar-refractivity contribution is 5.12. The summed E-state index contributed by atoms with van der Waals surface area (Å²) in [4.78, 5) is 0. The molecule has 0 aromatic rings. The molecule has 38 valence electrons. The number of nitriles is 1. The molecular formula is C5H8N2. The van der Waals surface area contributed by atoms with Gasteiger partial charge in [-0.25, -0.2) is 0 Å². The minimum atomic E-state index is 0.433. The first-order chi connectivity index (χ1) is 3.31. The van der Waals surface area contributed by atoms with Crippen LogP contribution in [-0.2, 0) is 0 Å². The summed E-state index contributed by atoms with van der Waals surface area (Å²) in [6, 6.07) is 1.86. The molecule has 0 bridgehead atoms. The van der Waals surface area contributed by atoms with Crippen molar-refractivity contribution in [3.05, 3.63) is 12.3 Å². The lowest BCUT2D eigenvalue weighted by Gasteiger charge is -1.92. The lowest BCUT2D eigenvalue weighted by molar-refractivity contribution is 0.886. The standard InChI is InChI=1S/C5H8N2/c1-3-7-5(2)4-6/h7H,2-3H2,1H3. The Morgan fingerprint density at radius 1 is 2.00 bits per heavy atom. The van der Waals surface area contributed by atoms with Gasteiger partial charge in [-0.15, -0.1) is 0 Å². The molecular weight excluding hydrogens is 88.1 g/mol. The molecule has 0 aliphatic rings. The normalized spacial score (nSPS) is 6.86. The van der Waals surface area contributed by atoms with Gasteiger partial charge in [-0.2, -0.15) is 5.26 Å². The van der Waals surface area contributed by atoms with Gasteiger partial charge in [-0.3, -0.25) is 0 Å². The average Bonchev–Trinajstić information content (AvgIpc) is 1.68. The summed E-state index contributed by atoms with van der Waals surface area (Å²) in [5, 5.41) is 10.8. The Hall–Kier alpha value is -0.970. The number of hydrogen-bond donors (Lipinski definition) is 1. The molecule has 0 fully saturated rings. The van der Waals surface area contributed by atoms with Crippen LogP contribution in [0.25, 0.3) is 0 Å². The van der Waals surface area contributed by atoms with Crippen LogP contribution < -0.4 is 5.32 Å². The maximum Gasteiger partial charge on any atom is 0.116 e. The van der Waals surface area contributed by atoms with Gasteiger partial charge in [0.15, 0.2) is 0 Å². The van der Waals surface area contributed by atoms with E-state index < -0.39 is 0 Å². The predicted molar refractivity (Wildman–Crippen MR) is 28.4 cm³/mol. The van der Waals surface area contributed by atoms with E-state index in [1.807, 2.05) is 13.0 Å². The Labute approximate surface area is 43.5 Å². The number of nitrogens with one attached hydrogen (secondary N) is 1. The lowest BCUT2D eigenvalue weighted by Crippen LogP contribution is -2.08. The summed E-state index contributed by atoms with van der Waals surface area (Å²) >= 11 is 0. The number of allylic oxidation sites excluding steroid dienone is 1. The molecule has 2 nitrogen and oxygen atoms in total. The average molecular weight is 96.1 g/mol. The van der Waals surface area contributed by atoms with E-state index in [-0.39, 0.29) is 0 Å². The van der Waals surface area contributed by atoms with Gasteiger partial charge in [-0.1, -0.05) is 6.58 Å². The maximum atomic E-state index is 8.05. The molecule has 0 aromatic carbocycles. The summed E-state index contributed by atoms with van der Waals surface area (Å²) in [7, 11) is 0. The minimum absolute atomic E-state index is 0.433. The Morgan fingerprint density at radius 2 is 2.57 bits per heavy atom. The molecule has 0 spiro atoms. The van der Waals surface area contributed by atoms with Gasteiger partial charge in [0, 0.05) is 6.54 Å². The third kappa shape index (κ3) is 2.84. The molecule has 0 unspecified atom stereocenters. The van der Waals surface area contributed by atoms with Crippen molar-refractivity contribution < 1.29 is 0 Å². The summed E-state index contributed by atoms with van der Waals surface area (Å²) in [6.07, 6.45) is 0. The first-order valence-corrected chi connectivity index (χ1v) is 2.14. The van der Waals surface area contributed by atoms with E-state index in [1.165, 1.54) is 0 Å². The molecule has 0 aromatic heterocycles. The summed E-state index contributed by atoms with van der Waals surface area (Å²) in [6.45, 7) is 6.08. The first kappa shape index (κ1) is 6.03. The van der Waals surface area contributed by atoms with Gasteiger partial charge in [0.2, 0.25) is 0 Å². The molecule has 0 radical (unpaired) electrons. The first-order valence-electron chi connectivity index (χ1n) is 2.14. The van der Waals surface area contributed by atoms with Crippen LogP contribution in [0.1, 0.15) is 6.92 Å². The molecule has 2 heteroatoms. The van der Waals surface area contributed by atoms with Crippen molar-refractivity contribution in [2.75, 3.05) is 6.54 Å². The quantitative estimate of drug-likeness (QED) is 0.512. The Bertz CT molecular complexity index is 99.1. The van der Waals surface area contributed by atoms with Gasteiger partial charge in [0.05, 0.1) is 0 Å². The fourth-order valence-electron chi connectivity index (χ4n) is 0.253. The maximum absolute atomic E-state index is 8.05. The van der Waals surface area contributed by atoms with Crippen LogP contribution in [-0.4, -0.2) is 6.54 Å². The van der Waals surface area contributed by atoms with E-state index in [2.05, 4.69) is 11.9 Å². The van der Waals surface area contributed by atoms with Gasteiger partial charge in [0.25, 0.3) is 0 Å². The molecule has 0 rings (SSSR count). The van der Waals surface area contributed by atoms with Gasteiger partial charge < -0.3 is 5.32 Å². The van der Waals surface area contributed by atoms with Crippen molar-refractivity contribution >= 4 is 0 Å². The van der Waals surface area contributed by atoms with Gasteiger partial charge >= 0.3 is 0 Å². The second-order valence-electron chi connectivity index (χ2n) is 1.12. The highest BCUT2D eigenvalue weighted by Crippen LogP contribution is 1.73. The van der Waals surface area contributed by atoms with E-state index >= 15 is 0 Å². The van der Waals surface area contributed by atoms with Crippen molar-refractivity contribution in [1.29, 1.82) is 5.26 Å². The van der Waals surface area contributed by atoms with Gasteiger partial charge in [0.1, 0.15) is 11.8 Å². The molecule has 0 saturated heterocycles. The van der Waals surface area contributed by atoms with Crippen molar-refractivity contribution in [3.8, 4) is 6.07 Å². The number of hydrogen-bond acceptors (Lipinski definition) is 2. The lowest BCUT2D eigenvalue weighted by atomic mass is 10.5. The van der Waals surface area contributed by atoms with Crippen molar-refractivity contribution in [2.45, 2.75) is 6.92 Å². The van der Waals surface area contributed by atoms with Crippen LogP contribution in [0.15, 0.2) is 12.3 Å². The monoisotopic (exact) mass is 96.1 g/mol.